The Bertz CT molecular complexity index is 431. The summed E-state index contributed by atoms with van der Waals surface area (Å²) in [6, 6.07) is 1.50. The molecule has 2 heterocycles. The van der Waals surface area contributed by atoms with Crippen LogP contribution in [-0.4, -0.2) is 35.5 Å². The minimum atomic E-state index is -0.307. The first-order valence-corrected chi connectivity index (χ1v) is 6.67. The number of aromatic nitrogens is 1. The quantitative estimate of drug-likeness (QED) is 0.782. The Kier molecular flexibility index (Phi) is 4.85. The second kappa shape index (κ2) is 6.61. The van der Waals surface area contributed by atoms with Crippen molar-refractivity contribution in [2.75, 3.05) is 19.7 Å². The van der Waals surface area contributed by atoms with Crippen LogP contribution in [0.5, 0.6) is 0 Å². The summed E-state index contributed by atoms with van der Waals surface area (Å²) in [5.74, 6) is -0.379. The fraction of sp³-hybridized carbons (Fsp3) is 0.571. The molecule has 1 aromatic heterocycles. The number of carbonyl (C=O) groups excluding carboxylic acids is 1. The van der Waals surface area contributed by atoms with Gasteiger partial charge in [-0.15, -0.1) is 0 Å². The molecule has 2 rings (SSSR count). The van der Waals surface area contributed by atoms with Crippen LogP contribution in [0.2, 0.25) is 0 Å². The lowest BCUT2D eigenvalue weighted by molar-refractivity contribution is -0.149. The van der Waals surface area contributed by atoms with E-state index in [1.54, 1.807) is 6.20 Å². The minimum absolute atomic E-state index is 0.0156. The van der Waals surface area contributed by atoms with Gasteiger partial charge in [-0.25, -0.2) is 4.39 Å². The van der Waals surface area contributed by atoms with E-state index in [1.807, 2.05) is 6.92 Å². The first kappa shape index (κ1) is 13.9. The summed E-state index contributed by atoms with van der Waals surface area (Å²) in [6.45, 7) is 4.61. The number of ether oxygens (including phenoxy) is 1. The predicted molar refractivity (Wildman–Crippen MR) is 68.8 cm³/mol. The molecule has 5 heteroatoms. The van der Waals surface area contributed by atoms with Crippen molar-refractivity contribution in [3.63, 3.8) is 0 Å². The molecule has 1 aliphatic heterocycles. The molecule has 0 bridgehead atoms. The second-order valence-electron chi connectivity index (χ2n) is 4.81. The van der Waals surface area contributed by atoms with E-state index in [0.29, 0.717) is 13.2 Å². The second-order valence-corrected chi connectivity index (χ2v) is 4.81. The summed E-state index contributed by atoms with van der Waals surface area (Å²) in [6.07, 6.45) is 4.50. The number of nitrogens with zero attached hydrogens (tertiary/aromatic N) is 2. The molecular formula is C14H19FN2O2. The van der Waals surface area contributed by atoms with E-state index >= 15 is 0 Å². The van der Waals surface area contributed by atoms with E-state index < -0.39 is 0 Å². The molecule has 0 N–H and O–H groups in total. The maximum absolute atomic E-state index is 13.0. The lowest BCUT2D eigenvalue weighted by Gasteiger charge is -2.30. The number of rotatable bonds is 4. The average molecular weight is 266 g/mol. The Morgan fingerprint density at radius 1 is 1.47 bits per heavy atom. The van der Waals surface area contributed by atoms with Crippen LogP contribution in [-0.2, 0) is 16.1 Å². The zero-order valence-electron chi connectivity index (χ0n) is 11.1. The van der Waals surface area contributed by atoms with E-state index in [-0.39, 0.29) is 17.7 Å². The molecule has 0 spiro atoms. The van der Waals surface area contributed by atoms with Crippen molar-refractivity contribution in [2.45, 2.75) is 26.3 Å². The van der Waals surface area contributed by atoms with Crippen LogP contribution in [0.15, 0.2) is 18.5 Å². The number of esters is 1. The third kappa shape index (κ3) is 3.99. The summed E-state index contributed by atoms with van der Waals surface area (Å²) in [5.41, 5.74) is 0.870. The first-order chi connectivity index (χ1) is 9.19. The number of halogens is 1. The largest absolute Gasteiger partial charge is 0.466 e. The number of hydrogen-bond donors (Lipinski definition) is 0. The standard InChI is InChI=1S/C14H19FN2O2/c1-2-19-14(18)12-3-5-17(6-4-12)10-11-7-13(15)9-16-8-11/h7-9,12H,2-6,10H2,1H3. The molecule has 1 aromatic rings. The third-order valence-electron chi connectivity index (χ3n) is 3.38. The summed E-state index contributed by atoms with van der Waals surface area (Å²) in [5, 5.41) is 0. The number of piperidine rings is 1. The molecule has 0 unspecified atom stereocenters. The minimum Gasteiger partial charge on any atom is -0.466 e. The van der Waals surface area contributed by atoms with Gasteiger partial charge in [-0.1, -0.05) is 0 Å². The maximum atomic E-state index is 13.0. The van der Waals surface area contributed by atoms with E-state index in [2.05, 4.69) is 9.88 Å². The lowest BCUT2D eigenvalue weighted by Crippen LogP contribution is -2.36. The van der Waals surface area contributed by atoms with Gasteiger partial charge in [0.15, 0.2) is 0 Å². The molecule has 0 aromatic carbocycles. The van der Waals surface area contributed by atoms with Crippen molar-refractivity contribution in [1.29, 1.82) is 0 Å². The highest BCUT2D eigenvalue weighted by Gasteiger charge is 2.25. The molecule has 0 atom stereocenters. The molecule has 4 nitrogen and oxygen atoms in total. The van der Waals surface area contributed by atoms with E-state index in [1.165, 1.54) is 12.3 Å². The normalized spacial score (nSPS) is 17.4. The Balaban J connectivity index is 1.82. The van der Waals surface area contributed by atoms with Crippen molar-refractivity contribution in [1.82, 2.24) is 9.88 Å². The summed E-state index contributed by atoms with van der Waals surface area (Å²) in [4.78, 5) is 17.7. The molecular weight excluding hydrogens is 247 g/mol. The van der Waals surface area contributed by atoms with Gasteiger partial charge in [-0.3, -0.25) is 14.7 Å². The van der Waals surface area contributed by atoms with Crippen molar-refractivity contribution >= 4 is 5.97 Å². The topological polar surface area (TPSA) is 42.4 Å². The van der Waals surface area contributed by atoms with Crippen molar-refractivity contribution in [3.8, 4) is 0 Å². The van der Waals surface area contributed by atoms with Crippen LogP contribution in [0.25, 0.3) is 0 Å². The van der Waals surface area contributed by atoms with Crippen LogP contribution in [0.3, 0.4) is 0 Å². The highest BCUT2D eigenvalue weighted by Crippen LogP contribution is 2.20. The SMILES string of the molecule is CCOC(=O)C1CCN(Cc2cncc(F)c2)CC1. The van der Waals surface area contributed by atoms with E-state index in [4.69, 9.17) is 4.74 Å². The van der Waals surface area contributed by atoms with Crippen molar-refractivity contribution in [3.05, 3.63) is 29.8 Å². The van der Waals surface area contributed by atoms with Gasteiger partial charge in [0.1, 0.15) is 5.82 Å². The Hall–Kier alpha value is -1.49. The first-order valence-electron chi connectivity index (χ1n) is 6.67. The van der Waals surface area contributed by atoms with Crippen LogP contribution in [0.4, 0.5) is 4.39 Å². The van der Waals surface area contributed by atoms with Gasteiger partial charge in [0.05, 0.1) is 18.7 Å². The maximum Gasteiger partial charge on any atom is 0.309 e. The summed E-state index contributed by atoms with van der Waals surface area (Å²) in [7, 11) is 0. The summed E-state index contributed by atoms with van der Waals surface area (Å²) >= 11 is 0. The fourth-order valence-electron chi connectivity index (χ4n) is 2.39. The van der Waals surface area contributed by atoms with Crippen LogP contribution in [0.1, 0.15) is 25.3 Å². The van der Waals surface area contributed by atoms with E-state index in [9.17, 15) is 9.18 Å². The lowest BCUT2D eigenvalue weighted by atomic mass is 9.97. The van der Waals surface area contributed by atoms with Gasteiger partial charge in [-0.2, -0.15) is 0 Å². The smallest absolute Gasteiger partial charge is 0.309 e. The van der Waals surface area contributed by atoms with Gasteiger partial charge >= 0.3 is 5.97 Å². The van der Waals surface area contributed by atoms with Gasteiger partial charge in [0, 0.05) is 12.7 Å². The molecule has 104 valence electrons. The number of likely N-dealkylation sites (tertiary alicyclic amines) is 1. The number of pyridine rings is 1. The zero-order chi connectivity index (χ0) is 13.7. The van der Waals surface area contributed by atoms with Crippen LogP contribution >= 0.6 is 0 Å². The average Bonchev–Trinajstić information content (AvgIpc) is 2.40. The molecule has 1 fully saturated rings. The molecule has 0 amide bonds. The van der Waals surface area contributed by atoms with E-state index in [0.717, 1.165) is 31.5 Å². The molecule has 1 aliphatic rings. The monoisotopic (exact) mass is 266 g/mol. The Labute approximate surface area is 112 Å². The molecule has 0 aliphatic carbocycles. The highest BCUT2D eigenvalue weighted by molar-refractivity contribution is 5.72. The zero-order valence-corrected chi connectivity index (χ0v) is 11.1. The molecule has 1 saturated heterocycles. The Morgan fingerprint density at radius 3 is 2.84 bits per heavy atom. The Morgan fingerprint density at radius 2 is 2.21 bits per heavy atom. The van der Waals surface area contributed by atoms with Gasteiger partial charge in [0.25, 0.3) is 0 Å². The molecule has 0 radical (unpaired) electrons. The van der Waals surface area contributed by atoms with Gasteiger partial charge in [0.2, 0.25) is 0 Å². The number of hydrogen-bond acceptors (Lipinski definition) is 4. The summed E-state index contributed by atoms with van der Waals surface area (Å²) < 4.78 is 18.1. The van der Waals surface area contributed by atoms with Crippen LogP contribution < -0.4 is 0 Å². The van der Waals surface area contributed by atoms with Crippen molar-refractivity contribution in [2.24, 2.45) is 5.92 Å². The van der Waals surface area contributed by atoms with Crippen LogP contribution in [0, 0.1) is 11.7 Å². The fourth-order valence-corrected chi connectivity index (χ4v) is 2.39. The predicted octanol–water partition coefficient (Wildman–Crippen LogP) is 2.00. The third-order valence-corrected chi connectivity index (χ3v) is 3.38. The molecule has 0 saturated carbocycles. The number of carbonyl (C=O) groups is 1. The van der Waals surface area contributed by atoms with Gasteiger partial charge in [-0.05, 0) is 44.5 Å². The van der Waals surface area contributed by atoms with Crippen molar-refractivity contribution < 1.29 is 13.9 Å². The highest BCUT2D eigenvalue weighted by atomic mass is 19.1. The van der Waals surface area contributed by atoms with Gasteiger partial charge < -0.3 is 4.74 Å². The molecule has 19 heavy (non-hydrogen) atoms.